The van der Waals surface area contributed by atoms with E-state index in [4.69, 9.17) is 0 Å². The van der Waals surface area contributed by atoms with Crippen molar-refractivity contribution in [1.29, 1.82) is 0 Å². The molecule has 3 nitrogen and oxygen atoms in total. The number of anilines is 2. The molecule has 1 aromatic carbocycles. The molecule has 94 valence electrons. The van der Waals surface area contributed by atoms with Gasteiger partial charge in [-0.25, -0.2) is 4.98 Å². The number of nitrogens with zero attached hydrogens (tertiary/aromatic N) is 1. The zero-order chi connectivity index (χ0) is 12.8. The van der Waals surface area contributed by atoms with E-state index < -0.39 is 0 Å². The van der Waals surface area contributed by atoms with Gasteiger partial charge < -0.3 is 10.6 Å². The topological polar surface area (TPSA) is 37.0 Å². The van der Waals surface area contributed by atoms with Gasteiger partial charge in [-0.1, -0.05) is 29.8 Å². The van der Waals surface area contributed by atoms with E-state index in [1.54, 1.807) is 6.20 Å². The molecule has 0 saturated heterocycles. The van der Waals surface area contributed by atoms with Crippen molar-refractivity contribution in [2.24, 2.45) is 0 Å². The normalized spacial score (nSPS) is 10.1. The van der Waals surface area contributed by atoms with E-state index in [2.05, 4.69) is 46.8 Å². The molecule has 1 aromatic heterocycles. The van der Waals surface area contributed by atoms with Crippen LogP contribution in [-0.4, -0.2) is 18.6 Å². The molecule has 0 amide bonds. The fourth-order valence-electron chi connectivity index (χ4n) is 1.90. The molecule has 0 aliphatic rings. The zero-order valence-electron chi connectivity index (χ0n) is 10.9. The maximum atomic E-state index is 4.18. The number of aromatic nitrogens is 1. The minimum absolute atomic E-state index is 0.885. The van der Waals surface area contributed by atoms with Gasteiger partial charge in [-0.05, 0) is 25.0 Å². The van der Waals surface area contributed by atoms with E-state index in [0.29, 0.717) is 0 Å². The second-order valence-corrected chi connectivity index (χ2v) is 4.35. The van der Waals surface area contributed by atoms with Gasteiger partial charge in [0.05, 0.1) is 0 Å². The summed E-state index contributed by atoms with van der Waals surface area (Å²) in [5, 5.41) is 6.44. The second kappa shape index (κ2) is 6.05. The molecule has 0 saturated carbocycles. The standard InChI is InChI=1S/C15H19N3/c1-12-4-3-5-13(10-12)6-8-17-14-7-9-18-15(11-14)16-2/h3-5,7,9-11H,6,8H2,1-2H3,(H2,16,17,18). The molecular weight excluding hydrogens is 222 g/mol. The maximum Gasteiger partial charge on any atom is 0.127 e. The van der Waals surface area contributed by atoms with Crippen molar-refractivity contribution >= 4 is 11.5 Å². The summed E-state index contributed by atoms with van der Waals surface area (Å²) < 4.78 is 0. The molecule has 2 aromatic rings. The van der Waals surface area contributed by atoms with Crippen LogP contribution in [0.2, 0.25) is 0 Å². The van der Waals surface area contributed by atoms with Gasteiger partial charge in [-0.2, -0.15) is 0 Å². The van der Waals surface area contributed by atoms with Crippen LogP contribution in [0.1, 0.15) is 11.1 Å². The maximum absolute atomic E-state index is 4.18. The van der Waals surface area contributed by atoms with Crippen molar-refractivity contribution < 1.29 is 0 Å². The molecule has 0 aliphatic heterocycles. The van der Waals surface area contributed by atoms with Crippen LogP contribution < -0.4 is 10.6 Å². The van der Waals surface area contributed by atoms with Gasteiger partial charge in [-0.3, -0.25) is 0 Å². The Morgan fingerprint density at radius 1 is 1.17 bits per heavy atom. The summed E-state index contributed by atoms with van der Waals surface area (Å²) in [6.07, 6.45) is 2.83. The van der Waals surface area contributed by atoms with Gasteiger partial charge in [0.25, 0.3) is 0 Å². The van der Waals surface area contributed by atoms with Gasteiger partial charge in [0.1, 0.15) is 5.82 Å². The van der Waals surface area contributed by atoms with Gasteiger partial charge >= 0.3 is 0 Å². The minimum atomic E-state index is 0.885. The van der Waals surface area contributed by atoms with Gasteiger partial charge in [0.2, 0.25) is 0 Å². The van der Waals surface area contributed by atoms with Crippen LogP contribution in [0.5, 0.6) is 0 Å². The molecule has 18 heavy (non-hydrogen) atoms. The highest BCUT2D eigenvalue weighted by Gasteiger charge is 1.96. The molecule has 0 atom stereocenters. The molecule has 0 unspecified atom stereocenters. The lowest BCUT2D eigenvalue weighted by atomic mass is 10.1. The molecular formula is C15H19N3. The number of benzene rings is 1. The summed E-state index contributed by atoms with van der Waals surface area (Å²) in [6.45, 7) is 3.05. The Morgan fingerprint density at radius 2 is 2.06 bits per heavy atom. The predicted molar refractivity (Wildman–Crippen MR) is 77.2 cm³/mol. The molecule has 2 N–H and O–H groups in total. The number of aryl methyl sites for hydroxylation is 1. The number of hydrogen-bond donors (Lipinski definition) is 2. The van der Waals surface area contributed by atoms with Crippen LogP contribution in [0, 0.1) is 6.92 Å². The highest BCUT2D eigenvalue weighted by Crippen LogP contribution is 2.11. The van der Waals surface area contributed by atoms with Crippen molar-refractivity contribution in [1.82, 2.24) is 4.98 Å². The summed E-state index contributed by atoms with van der Waals surface area (Å²) in [5.41, 5.74) is 3.78. The van der Waals surface area contributed by atoms with Crippen LogP contribution >= 0.6 is 0 Å². The van der Waals surface area contributed by atoms with Gasteiger partial charge in [0.15, 0.2) is 0 Å². The van der Waals surface area contributed by atoms with Crippen molar-refractivity contribution in [3.8, 4) is 0 Å². The molecule has 0 aliphatic carbocycles. The Labute approximate surface area is 108 Å². The first-order chi connectivity index (χ1) is 8.78. The third-order valence-corrected chi connectivity index (χ3v) is 2.84. The van der Waals surface area contributed by atoms with E-state index in [-0.39, 0.29) is 0 Å². The lowest BCUT2D eigenvalue weighted by Crippen LogP contribution is -2.05. The Hall–Kier alpha value is -2.03. The molecule has 0 radical (unpaired) electrons. The molecule has 3 heteroatoms. The van der Waals surface area contributed by atoms with Crippen molar-refractivity contribution in [2.45, 2.75) is 13.3 Å². The quantitative estimate of drug-likeness (QED) is 0.844. The summed E-state index contributed by atoms with van der Waals surface area (Å²) in [5.74, 6) is 0.885. The highest BCUT2D eigenvalue weighted by molar-refractivity contribution is 5.51. The fourth-order valence-corrected chi connectivity index (χ4v) is 1.90. The number of nitrogens with one attached hydrogen (secondary N) is 2. The lowest BCUT2D eigenvalue weighted by Gasteiger charge is -2.08. The van der Waals surface area contributed by atoms with Crippen molar-refractivity contribution in [2.75, 3.05) is 24.2 Å². The Kier molecular flexibility index (Phi) is 4.18. The van der Waals surface area contributed by atoms with Crippen LogP contribution in [0.25, 0.3) is 0 Å². The van der Waals surface area contributed by atoms with E-state index in [1.165, 1.54) is 11.1 Å². The smallest absolute Gasteiger partial charge is 0.127 e. The van der Waals surface area contributed by atoms with Gasteiger partial charge in [-0.15, -0.1) is 0 Å². The monoisotopic (exact) mass is 241 g/mol. The van der Waals surface area contributed by atoms with Gasteiger partial charge in [0, 0.05) is 31.5 Å². The third kappa shape index (κ3) is 3.48. The number of hydrogen-bond acceptors (Lipinski definition) is 3. The average Bonchev–Trinajstić information content (AvgIpc) is 2.39. The molecule has 1 heterocycles. The molecule has 0 bridgehead atoms. The average molecular weight is 241 g/mol. The SMILES string of the molecule is CNc1cc(NCCc2cccc(C)c2)ccn1. The Morgan fingerprint density at radius 3 is 2.83 bits per heavy atom. The number of rotatable bonds is 5. The second-order valence-electron chi connectivity index (χ2n) is 4.35. The predicted octanol–water partition coefficient (Wildman–Crippen LogP) is 3.09. The van der Waals surface area contributed by atoms with Crippen LogP contribution in [0.4, 0.5) is 11.5 Å². The van der Waals surface area contributed by atoms with Crippen LogP contribution in [0.3, 0.4) is 0 Å². The minimum Gasteiger partial charge on any atom is -0.385 e. The summed E-state index contributed by atoms with van der Waals surface area (Å²) in [6, 6.07) is 12.6. The largest absolute Gasteiger partial charge is 0.385 e. The molecule has 0 fully saturated rings. The highest BCUT2D eigenvalue weighted by atomic mass is 15.0. The van der Waals surface area contributed by atoms with E-state index in [9.17, 15) is 0 Å². The summed E-state index contributed by atoms with van der Waals surface area (Å²) in [4.78, 5) is 4.18. The Bertz CT molecular complexity index is 509. The first-order valence-corrected chi connectivity index (χ1v) is 6.21. The van der Waals surface area contributed by atoms with Crippen LogP contribution in [0.15, 0.2) is 42.6 Å². The van der Waals surface area contributed by atoms with E-state index >= 15 is 0 Å². The number of pyridine rings is 1. The summed E-state index contributed by atoms with van der Waals surface area (Å²) >= 11 is 0. The van der Waals surface area contributed by atoms with Crippen molar-refractivity contribution in [3.63, 3.8) is 0 Å². The van der Waals surface area contributed by atoms with E-state index in [0.717, 1.165) is 24.5 Å². The first kappa shape index (κ1) is 12.4. The zero-order valence-corrected chi connectivity index (χ0v) is 10.9. The lowest BCUT2D eigenvalue weighted by molar-refractivity contribution is 1.02. The third-order valence-electron chi connectivity index (χ3n) is 2.84. The van der Waals surface area contributed by atoms with E-state index in [1.807, 2.05) is 19.2 Å². The molecule has 0 spiro atoms. The Balaban J connectivity index is 1.88. The molecule has 2 rings (SSSR count). The fraction of sp³-hybridized carbons (Fsp3) is 0.267. The summed E-state index contributed by atoms with van der Waals surface area (Å²) in [7, 11) is 1.87. The first-order valence-electron chi connectivity index (χ1n) is 6.21. The van der Waals surface area contributed by atoms with Crippen molar-refractivity contribution in [3.05, 3.63) is 53.7 Å². The van der Waals surface area contributed by atoms with Crippen LogP contribution in [-0.2, 0) is 6.42 Å².